The molecule has 1 fully saturated rings. The minimum absolute atomic E-state index is 0.00994. The Morgan fingerprint density at radius 1 is 0.778 bits per heavy atom. The molecular formula is C29H32O7. The van der Waals surface area contributed by atoms with Crippen LogP contribution in [0.15, 0.2) is 91.0 Å². The van der Waals surface area contributed by atoms with E-state index < -0.39 is 42.3 Å². The molecule has 3 aromatic carbocycles. The maximum Gasteiger partial charge on any atom is 0.303 e. The van der Waals surface area contributed by atoms with Gasteiger partial charge in [-0.1, -0.05) is 91.0 Å². The zero-order valence-electron chi connectivity index (χ0n) is 20.7. The predicted molar refractivity (Wildman–Crippen MR) is 133 cm³/mol. The second-order valence-corrected chi connectivity index (χ2v) is 8.63. The summed E-state index contributed by atoms with van der Waals surface area (Å²) in [6, 6.07) is 29.7. The van der Waals surface area contributed by atoms with Crippen molar-refractivity contribution < 1.29 is 33.6 Å². The quantitative estimate of drug-likeness (QED) is 0.360. The lowest BCUT2D eigenvalue weighted by Crippen LogP contribution is -2.61. The second kappa shape index (κ2) is 11.8. The van der Waals surface area contributed by atoms with Gasteiger partial charge in [0.1, 0.15) is 23.9 Å². The van der Waals surface area contributed by atoms with Gasteiger partial charge in [-0.05, 0) is 16.7 Å². The van der Waals surface area contributed by atoms with Crippen LogP contribution in [0, 0.1) is 0 Å². The molecule has 0 saturated carbocycles. The van der Waals surface area contributed by atoms with Gasteiger partial charge in [0.15, 0.2) is 12.4 Å². The summed E-state index contributed by atoms with van der Waals surface area (Å²) in [6.45, 7) is 1.31. The monoisotopic (exact) mass is 492 g/mol. The van der Waals surface area contributed by atoms with Crippen LogP contribution in [-0.2, 0) is 34.1 Å². The smallest absolute Gasteiger partial charge is 0.303 e. The molecule has 0 bridgehead atoms. The fourth-order valence-corrected chi connectivity index (χ4v) is 4.86. The zero-order valence-corrected chi connectivity index (χ0v) is 20.7. The molecule has 36 heavy (non-hydrogen) atoms. The molecule has 7 heteroatoms. The van der Waals surface area contributed by atoms with Crippen LogP contribution in [-0.4, -0.2) is 62.6 Å². The van der Waals surface area contributed by atoms with Crippen molar-refractivity contribution in [3.63, 3.8) is 0 Å². The van der Waals surface area contributed by atoms with E-state index in [2.05, 4.69) is 0 Å². The van der Waals surface area contributed by atoms with Crippen molar-refractivity contribution in [1.29, 1.82) is 0 Å². The van der Waals surface area contributed by atoms with Gasteiger partial charge >= 0.3 is 5.97 Å². The van der Waals surface area contributed by atoms with E-state index in [4.69, 9.17) is 23.7 Å². The van der Waals surface area contributed by atoms with Crippen LogP contribution in [0.4, 0.5) is 0 Å². The lowest BCUT2D eigenvalue weighted by molar-refractivity contribution is -0.302. The maximum atomic E-state index is 12.0. The molecular weight excluding hydrogens is 460 g/mol. The minimum Gasteiger partial charge on any atom is -0.457 e. The molecule has 0 aliphatic carbocycles. The molecule has 7 nitrogen and oxygen atoms in total. The molecule has 0 radical (unpaired) electrons. The summed E-state index contributed by atoms with van der Waals surface area (Å²) < 4.78 is 29.3. The number of carbonyl (C=O) groups excluding carboxylic acids is 1. The highest BCUT2D eigenvalue weighted by atomic mass is 16.7. The summed E-state index contributed by atoms with van der Waals surface area (Å²) in [5.74, 6) is -0.498. The summed E-state index contributed by atoms with van der Waals surface area (Å²) in [5.41, 5.74) is 1.75. The van der Waals surface area contributed by atoms with Crippen molar-refractivity contribution in [2.24, 2.45) is 0 Å². The predicted octanol–water partition coefficient (Wildman–Crippen LogP) is 3.67. The van der Waals surface area contributed by atoms with Gasteiger partial charge in [-0.25, -0.2) is 0 Å². The molecule has 1 saturated heterocycles. The summed E-state index contributed by atoms with van der Waals surface area (Å²) in [4.78, 5) is 12.0. The molecule has 190 valence electrons. The number of esters is 1. The molecule has 0 unspecified atom stereocenters. The molecule has 1 heterocycles. The largest absolute Gasteiger partial charge is 0.457 e. The van der Waals surface area contributed by atoms with E-state index in [1.54, 1.807) is 0 Å². The van der Waals surface area contributed by atoms with Gasteiger partial charge in [0.05, 0.1) is 6.61 Å². The number of aliphatic hydroxyl groups excluding tert-OH is 1. The Balaban J connectivity index is 1.78. The van der Waals surface area contributed by atoms with E-state index in [0.29, 0.717) is 0 Å². The molecule has 0 spiro atoms. The van der Waals surface area contributed by atoms with Crippen molar-refractivity contribution in [2.75, 3.05) is 20.8 Å². The Hall–Kier alpha value is -3.07. The first kappa shape index (κ1) is 26.0. The first-order valence-corrected chi connectivity index (χ1v) is 11.9. The number of rotatable bonds is 9. The summed E-state index contributed by atoms with van der Waals surface area (Å²) in [6.07, 6.45) is -4.56. The standard InChI is InChI=1S/C29H32O7/c1-20(30)35-25-24(36-28(31)27(33-3)26(25)32-2)19-34-29(21-13-7-4-8-14-21,22-15-9-5-10-16-22)23-17-11-6-12-18-23/h4-18,24-28,31H,19H2,1-3H3/t24-,25+,26-,27-,28+/m1/s1. The van der Waals surface area contributed by atoms with Crippen molar-refractivity contribution in [1.82, 2.24) is 0 Å². The highest BCUT2D eigenvalue weighted by Crippen LogP contribution is 2.41. The van der Waals surface area contributed by atoms with E-state index in [-0.39, 0.29) is 6.61 Å². The third-order valence-corrected chi connectivity index (χ3v) is 6.46. The van der Waals surface area contributed by atoms with Gasteiger partial charge in [-0.15, -0.1) is 0 Å². The van der Waals surface area contributed by atoms with Gasteiger partial charge in [0.2, 0.25) is 0 Å². The average molecular weight is 493 g/mol. The van der Waals surface area contributed by atoms with Crippen molar-refractivity contribution in [3.05, 3.63) is 108 Å². The van der Waals surface area contributed by atoms with E-state index >= 15 is 0 Å². The minimum atomic E-state index is -1.29. The lowest BCUT2D eigenvalue weighted by atomic mass is 9.80. The molecule has 1 N–H and O–H groups in total. The van der Waals surface area contributed by atoms with Crippen LogP contribution in [0.2, 0.25) is 0 Å². The molecule has 4 rings (SSSR count). The number of benzene rings is 3. The number of methoxy groups -OCH3 is 2. The van der Waals surface area contributed by atoms with Crippen molar-refractivity contribution >= 4 is 5.97 Å². The molecule has 1 aliphatic rings. The van der Waals surface area contributed by atoms with Crippen molar-refractivity contribution in [3.8, 4) is 0 Å². The summed E-state index contributed by atoms with van der Waals surface area (Å²) in [7, 11) is 2.92. The molecule has 5 atom stereocenters. The highest BCUT2D eigenvalue weighted by molar-refractivity contribution is 5.66. The van der Waals surface area contributed by atoms with Crippen molar-refractivity contribution in [2.45, 2.75) is 43.2 Å². The second-order valence-electron chi connectivity index (χ2n) is 8.63. The SMILES string of the molecule is CO[C@H]1[C@@H](OC)[C@@H](O)O[C@H](COC(c2ccccc2)(c2ccccc2)c2ccccc2)[C@@H]1OC(C)=O. The summed E-state index contributed by atoms with van der Waals surface area (Å²) >= 11 is 0. The third-order valence-electron chi connectivity index (χ3n) is 6.46. The Bertz CT molecular complexity index is 994. The maximum absolute atomic E-state index is 12.0. The van der Waals surface area contributed by atoms with Crippen LogP contribution in [0.1, 0.15) is 23.6 Å². The number of hydrogen-bond acceptors (Lipinski definition) is 7. The highest BCUT2D eigenvalue weighted by Gasteiger charge is 2.49. The third kappa shape index (κ3) is 5.21. The molecule has 0 amide bonds. The van der Waals surface area contributed by atoms with Gasteiger partial charge in [-0.2, -0.15) is 0 Å². The van der Waals surface area contributed by atoms with E-state index in [1.165, 1.54) is 21.1 Å². The zero-order chi connectivity index (χ0) is 25.5. The Morgan fingerprint density at radius 2 is 1.22 bits per heavy atom. The number of carbonyl (C=O) groups is 1. The topological polar surface area (TPSA) is 83.5 Å². The van der Waals surface area contributed by atoms with Crippen LogP contribution < -0.4 is 0 Å². The average Bonchev–Trinajstić information content (AvgIpc) is 2.91. The normalized spacial score (nSPS) is 24.3. The first-order valence-electron chi connectivity index (χ1n) is 11.9. The fourth-order valence-electron chi connectivity index (χ4n) is 4.86. The summed E-state index contributed by atoms with van der Waals surface area (Å²) in [5, 5.41) is 10.7. The van der Waals surface area contributed by atoms with Crippen LogP contribution in [0.5, 0.6) is 0 Å². The molecule has 3 aromatic rings. The van der Waals surface area contributed by atoms with Gasteiger partial charge in [-0.3, -0.25) is 4.79 Å². The Labute approximate surface area is 211 Å². The van der Waals surface area contributed by atoms with E-state index in [1.807, 2.05) is 91.0 Å². The van der Waals surface area contributed by atoms with Gasteiger partial charge in [0, 0.05) is 21.1 Å². The lowest BCUT2D eigenvalue weighted by Gasteiger charge is -2.44. The number of hydrogen-bond donors (Lipinski definition) is 1. The molecule has 0 aromatic heterocycles. The number of ether oxygens (including phenoxy) is 5. The van der Waals surface area contributed by atoms with Crippen LogP contribution >= 0.6 is 0 Å². The molecule has 1 aliphatic heterocycles. The van der Waals surface area contributed by atoms with E-state index in [0.717, 1.165) is 16.7 Å². The Morgan fingerprint density at radius 3 is 1.61 bits per heavy atom. The fraction of sp³-hybridized carbons (Fsp3) is 0.345. The van der Waals surface area contributed by atoms with Crippen LogP contribution in [0.3, 0.4) is 0 Å². The van der Waals surface area contributed by atoms with Gasteiger partial charge in [0.25, 0.3) is 0 Å². The first-order chi connectivity index (χ1) is 17.5. The Kier molecular flexibility index (Phi) is 8.51. The van der Waals surface area contributed by atoms with E-state index in [9.17, 15) is 9.90 Å². The van der Waals surface area contributed by atoms with Crippen LogP contribution in [0.25, 0.3) is 0 Å². The number of aliphatic hydroxyl groups is 1. The van der Waals surface area contributed by atoms with Gasteiger partial charge < -0.3 is 28.8 Å².